The molecule has 2 N–H and O–H groups in total. The molecule has 0 aliphatic carbocycles. The van der Waals surface area contributed by atoms with Crippen LogP contribution in [0.5, 0.6) is 0 Å². The molecule has 1 aromatic carbocycles. The van der Waals surface area contributed by atoms with Crippen molar-refractivity contribution in [2.75, 3.05) is 11.9 Å². The SMILES string of the molecule is CCC1(C(=O)Nc2cccc3ccc(C)nc23)CCCN1. The molecule has 1 atom stereocenters. The quantitative estimate of drug-likeness (QED) is 0.910. The van der Waals surface area contributed by atoms with Gasteiger partial charge in [0.25, 0.3) is 0 Å². The summed E-state index contributed by atoms with van der Waals surface area (Å²) < 4.78 is 0. The number of nitrogens with one attached hydrogen (secondary N) is 2. The minimum Gasteiger partial charge on any atom is -0.323 e. The van der Waals surface area contributed by atoms with Crippen LogP contribution in [0.25, 0.3) is 10.9 Å². The van der Waals surface area contributed by atoms with Gasteiger partial charge in [0.05, 0.1) is 16.7 Å². The number of aromatic nitrogens is 1. The summed E-state index contributed by atoms with van der Waals surface area (Å²) in [6, 6.07) is 9.91. The number of carbonyl (C=O) groups excluding carboxylic acids is 1. The van der Waals surface area contributed by atoms with Crippen LogP contribution >= 0.6 is 0 Å². The molecule has 0 radical (unpaired) electrons. The van der Waals surface area contributed by atoms with Gasteiger partial charge in [0.15, 0.2) is 0 Å². The van der Waals surface area contributed by atoms with Crippen LogP contribution in [0.1, 0.15) is 31.9 Å². The zero-order chi connectivity index (χ0) is 14.9. The summed E-state index contributed by atoms with van der Waals surface area (Å²) in [7, 11) is 0. The van der Waals surface area contributed by atoms with Gasteiger partial charge in [0.2, 0.25) is 5.91 Å². The summed E-state index contributed by atoms with van der Waals surface area (Å²) in [4.78, 5) is 17.3. The fourth-order valence-electron chi connectivity index (χ4n) is 3.05. The first kappa shape index (κ1) is 14.0. The van der Waals surface area contributed by atoms with E-state index in [0.29, 0.717) is 0 Å². The van der Waals surface area contributed by atoms with E-state index in [4.69, 9.17) is 0 Å². The number of carbonyl (C=O) groups is 1. The molecular weight excluding hydrogens is 262 g/mol. The fraction of sp³-hybridized carbons (Fsp3) is 0.412. The number of rotatable bonds is 3. The van der Waals surface area contributed by atoms with Crippen LogP contribution < -0.4 is 10.6 Å². The van der Waals surface area contributed by atoms with Crippen molar-refractivity contribution in [1.82, 2.24) is 10.3 Å². The molecule has 0 bridgehead atoms. The molecular formula is C17H21N3O. The summed E-state index contributed by atoms with van der Waals surface area (Å²) in [6.07, 6.45) is 2.75. The van der Waals surface area contributed by atoms with E-state index >= 15 is 0 Å². The van der Waals surface area contributed by atoms with Gasteiger partial charge in [0, 0.05) is 11.1 Å². The van der Waals surface area contributed by atoms with Crippen LogP contribution in [0.3, 0.4) is 0 Å². The Morgan fingerprint density at radius 1 is 1.38 bits per heavy atom. The number of nitrogens with zero attached hydrogens (tertiary/aromatic N) is 1. The third-order valence-corrected chi connectivity index (χ3v) is 4.39. The number of amides is 1. The molecule has 0 saturated carbocycles. The highest BCUT2D eigenvalue weighted by Gasteiger charge is 2.39. The minimum atomic E-state index is -0.425. The molecule has 3 rings (SSSR count). The predicted molar refractivity (Wildman–Crippen MR) is 85.4 cm³/mol. The summed E-state index contributed by atoms with van der Waals surface area (Å²) >= 11 is 0. The molecule has 0 spiro atoms. The van der Waals surface area contributed by atoms with Crippen LogP contribution in [0.2, 0.25) is 0 Å². The first-order valence-electron chi connectivity index (χ1n) is 7.57. The van der Waals surface area contributed by atoms with Crippen molar-refractivity contribution in [3.63, 3.8) is 0 Å². The van der Waals surface area contributed by atoms with Gasteiger partial charge in [-0.05, 0) is 44.9 Å². The summed E-state index contributed by atoms with van der Waals surface area (Å²) in [5.41, 5.74) is 2.18. The average molecular weight is 283 g/mol. The van der Waals surface area contributed by atoms with Crippen LogP contribution in [0, 0.1) is 6.92 Å². The molecule has 110 valence electrons. The molecule has 4 heteroatoms. The molecule has 2 aromatic rings. The Kier molecular flexibility index (Phi) is 3.64. The van der Waals surface area contributed by atoms with E-state index in [1.165, 1.54) is 0 Å². The molecule has 1 amide bonds. The second-order valence-electron chi connectivity index (χ2n) is 5.75. The first-order chi connectivity index (χ1) is 10.1. The zero-order valence-electron chi connectivity index (χ0n) is 12.6. The number of para-hydroxylation sites is 1. The molecule has 21 heavy (non-hydrogen) atoms. The van der Waals surface area contributed by atoms with Crippen molar-refractivity contribution in [3.8, 4) is 0 Å². The Morgan fingerprint density at radius 2 is 2.24 bits per heavy atom. The van der Waals surface area contributed by atoms with Crippen molar-refractivity contribution in [2.24, 2.45) is 0 Å². The lowest BCUT2D eigenvalue weighted by Crippen LogP contribution is -2.50. The first-order valence-corrected chi connectivity index (χ1v) is 7.57. The number of anilines is 1. The van der Waals surface area contributed by atoms with Gasteiger partial charge in [-0.15, -0.1) is 0 Å². The van der Waals surface area contributed by atoms with Gasteiger partial charge in [-0.1, -0.05) is 25.1 Å². The maximum atomic E-state index is 12.7. The van der Waals surface area contributed by atoms with Crippen LogP contribution in [0.4, 0.5) is 5.69 Å². The molecule has 1 fully saturated rings. The average Bonchev–Trinajstić information content (AvgIpc) is 2.98. The Labute approximate surface area is 125 Å². The van der Waals surface area contributed by atoms with Crippen LogP contribution in [-0.4, -0.2) is 23.0 Å². The maximum absolute atomic E-state index is 12.7. The Morgan fingerprint density at radius 3 is 2.95 bits per heavy atom. The predicted octanol–water partition coefficient (Wildman–Crippen LogP) is 3.01. The van der Waals surface area contributed by atoms with E-state index in [9.17, 15) is 4.79 Å². The van der Waals surface area contributed by atoms with Crippen LogP contribution in [-0.2, 0) is 4.79 Å². The monoisotopic (exact) mass is 283 g/mol. The molecule has 1 saturated heterocycles. The number of fused-ring (bicyclic) bond motifs is 1. The molecule has 1 unspecified atom stereocenters. The minimum absolute atomic E-state index is 0.0540. The lowest BCUT2D eigenvalue weighted by Gasteiger charge is -2.26. The summed E-state index contributed by atoms with van der Waals surface area (Å²) in [6.45, 7) is 4.93. The third kappa shape index (κ3) is 2.51. The van der Waals surface area contributed by atoms with Gasteiger partial charge >= 0.3 is 0 Å². The second-order valence-corrected chi connectivity index (χ2v) is 5.75. The summed E-state index contributed by atoms with van der Waals surface area (Å²) in [5.74, 6) is 0.0540. The standard InChI is InChI=1S/C17H21N3O/c1-3-17(10-5-11-18-17)16(21)20-14-7-4-6-13-9-8-12(2)19-15(13)14/h4,6-9,18H,3,5,10-11H2,1-2H3,(H,20,21). The van der Waals surface area contributed by atoms with E-state index in [1.807, 2.05) is 37.3 Å². The lowest BCUT2D eigenvalue weighted by atomic mass is 9.93. The van der Waals surface area contributed by atoms with Crippen molar-refractivity contribution >= 4 is 22.5 Å². The largest absolute Gasteiger partial charge is 0.323 e. The number of aryl methyl sites for hydroxylation is 1. The highest BCUT2D eigenvalue weighted by Crippen LogP contribution is 2.27. The fourth-order valence-corrected chi connectivity index (χ4v) is 3.05. The van der Waals surface area contributed by atoms with Crippen molar-refractivity contribution in [2.45, 2.75) is 38.6 Å². The molecule has 2 heterocycles. The van der Waals surface area contributed by atoms with E-state index in [2.05, 4.69) is 22.5 Å². The zero-order valence-corrected chi connectivity index (χ0v) is 12.6. The van der Waals surface area contributed by atoms with E-state index in [-0.39, 0.29) is 5.91 Å². The van der Waals surface area contributed by atoms with E-state index in [1.54, 1.807) is 0 Å². The van der Waals surface area contributed by atoms with Crippen molar-refractivity contribution in [3.05, 3.63) is 36.0 Å². The Balaban J connectivity index is 1.94. The van der Waals surface area contributed by atoms with Crippen LogP contribution in [0.15, 0.2) is 30.3 Å². The number of benzene rings is 1. The number of pyridine rings is 1. The van der Waals surface area contributed by atoms with Crippen molar-refractivity contribution < 1.29 is 4.79 Å². The third-order valence-electron chi connectivity index (χ3n) is 4.39. The second kappa shape index (κ2) is 5.45. The highest BCUT2D eigenvalue weighted by molar-refractivity contribution is 6.04. The Hall–Kier alpha value is -1.94. The van der Waals surface area contributed by atoms with Crippen molar-refractivity contribution in [1.29, 1.82) is 0 Å². The molecule has 1 aromatic heterocycles. The lowest BCUT2D eigenvalue weighted by molar-refractivity contribution is -0.122. The smallest absolute Gasteiger partial charge is 0.244 e. The van der Waals surface area contributed by atoms with Gasteiger partial charge in [-0.3, -0.25) is 9.78 Å². The number of hydrogen-bond donors (Lipinski definition) is 2. The van der Waals surface area contributed by atoms with Gasteiger partial charge in [-0.2, -0.15) is 0 Å². The topological polar surface area (TPSA) is 54.0 Å². The normalized spacial score (nSPS) is 21.6. The highest BCUT2D eigenvalue weighted by atomic mass is 16.2. The van der Waals surface area contributed by atoms with E-state index in [0.717, 1.165) is 48.1 Å². The maximum Gasteiger partial charge on any atom is 0.244 e. The Bertz CT molecular complexity index is 675. The molecule has 1 aliphatic heterocycles. The molecule has 1 aliphatic rings. The van der Waals surface area contributed by atoms with E-state index < -0.39 is 5.54 Å². The van der Waals surface area contributed by atoms with Gasteiger partial charge in [-0.25, -0.2) is 0 Å². The summed E-state index contributed by atoms with van der Waals surface area (Å²) in [5, 5.41) is 7.49. The van der Waals surface area contributed by atoms with Gasteiger partial charge in [0.1, 0.15) is 0 Å². The van der Waals surface area contributed by atoms with Gasteiger partial charge < -0.3 is 10.6 Å². The number of hydrogen-bond acceptors (Lipinski definition) is 3. The molecule has 4 nitrogen and oxygen atoms in total.